The fourth-order valence-corrected chi connectivity index (χ4v) is 6.45. The first-order valence-electron chi connectivity index (χ1n) is 16.3. The van der Waals surface area contributed by atoms with Crippen LogP contribution in [0.25, 0.3) is 21.7 Å². The van der Waals surface area contributed by atoms with Gasteiger partial charge in [0.05, 0.1) is 23.6 Å². The first kappa shape index (κ1) is 32.4. The molecule has 6 rings (SSSR count). The number of nitrogens with zero attached hydrogens (tertiary/aromatic N) is 6. The number of benzene rings is 4. The fourth-order valence-electron chi connectivity index (χ4n) is 6.45. The van der Waals surface area contributed by atoms with Crippen molar-refractivity contribution in [1.29, 1.82) is 0 Å². The molecule has 0 saturated heterocycles. The maximum Gasteiger partial charge on any atom is 0.141 e. The minimum Gasteiger partial charge on any atom is -0.316 e. The predicted octanol–water partition coefficient (Wildman–Crippen LogP) is 10.5. The van der Waals surface area contributed by atoms with Gasteiger partial charge in [0.2, 0.25) is 0 Å². The SMILES string of the molecule is CCC(C)(C)Cc1cn(C(c2ccccc2)(c2ccccc2)c2ccccc2)c(CC(N=[N+]=[N-])c2ccc(-c3ccc(F)cn3)cc2)n1. The Kier molecular flexibility index (Phi) is 9.51. The van der Waals surface area contributed by atoms with Crippen LogP contribution in [0.1, 0.15) is 67.0 Å². The van der Waals surface area contributed by atoms with Gasteiger partial charge < -0.3 is 4.57 Å². The van der Waals surface area contributed by atoms with E-state index in [4.69, 9.17) is 4.98 Å². The number of hydrogen-bond donors (Lipinski definition) is 0. The molecule has 4 aromatic carbocycles. The van der Waals surface area contributed by atoms with Gasteiger partial charge in [-0.3, -0.25) is 4.98 Å². The van der Waals surface area contributed by atoms with Gasteiger partial charge in [0.1, 0.15) is 17.2 Å². The Hall–Kier alpha value is -5.52. The van der Waals surface area contributed by atoms with Crippen molar-refractivity contribution in [3.8, 4) is 11.3 Å². The Morgan fingerprint density at radius 1 is 0.792 bits per heavy atom. The highest BCUT2D eigenvalue weighted by Gasteiger charge is 2.40. The fraction of sp³-hybridized carbons (Fsp3) is 0.220. The summed E-state index contributed by atoms with van der Waals surface area (Å²) < 4.78 is 15.8. The lowest BCUT2D eigenvalue weighted by Gasteiger charge is -2.39. The molecule has 6 aromatic rings. The molecule has 48 heavy (non-hydrogen) atoms. The maximum absolute atomic E-state index is 13.5. The van der Waals surface area contributed by atoms with Gasteiger partial charge in [-0.05, 0) is 51.8 Å². The standard InChI is InChI=1S/C41H39FN6/c1-4-40(2,3)27-36-29-48(41(32-14-8-5-9-15-32,33-16-10-6-11-17-33)34-18-12-7-13-19-34)39(45-36)26-38(46-47-43)31-22-20-30(21-23-31)37-25-24-35(42)28-44-37/h5-25,28-29,38H,4,26-27H2,1-3H3. The van der Waals surface area contributed by atoms with Crippen molar-refractivity contribution in [2.24, 2.45) is 10.5 Å². The van der Waals surface area contributed by atoms with Gasteiger partial charge >= 0.3 is 0 Å². The van der Waals surface area contributed by atoms with Crippen LogP contribution in [-0.2, 0) is 18.4 Å². The highest BCUT2D eigenvalue weighted by atomic mass is 19.1. The van der Waals surface area contributed by atoms with Crippen LogP contribution in [0.3, 0.4) is 0 Å². The number of aromatic nitrogens is 3. The molecule has 0 N–H and O–H groups in total. The van der Waals surface area contributed by atoms with E-state index in [-0.39, 0.29) is 11.2 Å². The second-order valence-electron chi connectivity index (χ2n) is 12.9. The van der Waals surface area contributed by atoms with E-state index in [2.05, 4.69) is 119 Å². The topological polar surface area (TPSA) is 79.5 Å². The molecule has 0 spiro atoms. The molecule has 2 heterocycles. The summed E-state index contributed by atoms with van der Waals surface area (Å²) in [6.07, 6.45) is 5.59. The zero-order valence-electron chi connectivity index (χ0n) is 27.5. The van der Waals surface area contributed by atoms with Crippen molar-refractivity contribution in [3.05, 3.63) is 190 Å². The lowest BCUT2D eigenvalue weighted by atomic mass is 9.76. The number of azide groups is 1. The average Bonchev–Trinajstić information content (AvgIpc) is 3.51. The first-order valence-corrected chi connectivity index (χ1v) is 16.3. The number of hydrogen-bond acceptors (Lipinski definition) is 3. The molecule has 0 amide bonds. The van der Waals surface area contributed by atoms with E-state index in [9.17, 15) is 9.92 Å². The van der Waals surface area contributed by atoms with E-state index in [0.717, 1.165) is 52.2 Å². The van der Waals surface area contributed by atoms with Crippen LogP contribution in [0.2, 0.25) is 0 Å². The summed E-state index contributed by atoms with van der Waals surface area (Å²) in [5, 5.41) is 4.31. The van der Waals surface area contributed by atoms with Crippen LogP contribution in [0, 0.1) is 11.2 Å². The first-order chi connectivity index (χ1) is 23.3. The molecule has 0 radical (unpaired) electrons. The second-order valence-corrected chi connectivity index (χ2v) is 12.9. The van der Waals surface area contributed by atoms with Crippen LogP contribution >= 0.6 is 0 Å². The van der Waals surface area contributed by atoms with E-state index in [0.29, 0.717) is 12.1 Å². The zero-order valence-corrected chi connectivity index (χ0v) is 27.5. The lowest BCUT2D eigenvalue weighted by molar-refractivity contribution is 0.345. The molecule has 0 aliphatic heterocycles. The molecule has 240 valence electrons. The van der Waals surface area contributed by atoms with Gasteiger partial charge in [-0.2, -0.15) is 0 Å². The molecule has 7 heteroatoms. The summed E-state index contributed by atoms with van der Waals surface area (Å²) >= 11 is 0. The van der Waals surface area contributed by atoms with Gasteiger partial charge in [-0.25, -0.2) is 9.37 Å². The average molecular weight is 635 g/mol. The molecule has 1 atom stereocenters. The number of pyridine rings is 1. The Bertz CT molecular complexity index is 1880. The summed E-state index contributed by atoms with van der Waals surface area (Å²) in [6, 6.07) is 41.9. The van der Waals surface area contributed by atoms with E-state index in [1.807, 2.05) is 42.5 Å². The third-order valence-corrected chi connectivity index (χ3v) is 9.27. The quantitative estimate of drug-likeness (QED) is 0.0581. The second kappa shape index (κ2) is 14.1. The summed E-state index contributed by atoms with van der Waals surface area (Å²) in [4.78, 5) is 12.8. The Morgan fingerprint density at radius 3 is 1.83 bits per heavy atom. The van der Waals surface area contributed by atoms with Crippen molar-refractivity contribution in [2.75, 3.05) is 0 Å². The van der Waals surface area contributed by atoms with E-state index >= 15 is 0 Å². The Morgan fingerprint density at radius 2 is 1.35 bits per heavy atom. The monoisotopic (exact) mass is 634 g/mol. The van der Waals surface area contributed by atoms with Crippen LogP contribution in [0.15, 0.2) is 145 Å². The Balaban J connectivity index is 1.55. The van der Waals surface area contributed by atoms with Gasteiger partial charge in [0.25, 0.3) is 0 Å². The normalized spacial score (nSPS) is 12.3. The van der Waals surface area contributed by atoms with Gasteiger partial charge in [0, 0.05) is 23.1 Å². The van der Waals surface area contributed by atoms with E-state index < -0.39 is 11.6 Å². The maximum atomic E-state index is 13.5. The van der Waals surface area contributed by atoms with E-state index in [1.165, 1.54) is 12.3 Å². The number of halogens is 1. The molecular weight excluding hydrogens is 595 g/mol. The van der Waals surface area contributed by atoms with Gasteiger partial charge in [0.15, 0.2) is 0 Å². The van der Waals surface area contributed by atoms with Crippen molar-refractivity contribution in [2.45, 2.75) is 51.6 Å². The largest absolute Gasteiger partial charge is 0.316 e. The van der Waals surface area contributed by atoms with Gasteiger partial charge in [-0.15, -0.1) is 0 Å². The van der Waals surface area contributed by atoms with Crippen LogP contribution < -0.4 is 0 Å². The highest BCUT2D eigenvalue weighted by Crippen LogP contribution is 2.43. The summed E-state index contributed by atoms with van der Waals surface area (Å²) in [7, 11) is 0. The lowest BCUT2D eigenvalue weighted by Crippen LogP contribution is -2.38. The van der Waals surface area contributed by atoms with Crippen molar-refractivity contribution >= 4 is 0 Å². The molecular formula is C41H39FN6. The third kappa shape index (κ3) is 6.64. The Labute approximate surface area is 281 Å². The van der Waals surface area contributed by atoms with Gasteiger partial charge in [-0.1, -0.05) is 148 Å². The van der Waals surface area contributed by atoms with Crippen molar-refractivity contribution in [3.63, 3.8) is 0 Å². The minimum atomic E-state index is -0.764. The third-order valence-electron chi connectivity index (χ3n) is 9.27. The molecule has 1 unspecified atom stereocenters. The molecule has 6 nitrogen and oxygen atoms in total. The highest BCUT2D eigenvalue weighted by molar-refractivity contribution is 5.59. The molecule has 0 saturated carbocycles. The molecule has 0 fully saturated rings. The summed E-state index contributed by atoms with van der Waals surface area (Å²) in [6.45, 7) is 6.75. The smallest absolute Gasteiger partial charge is 0.141 e. The molecule has 0 aliphatic carbocycles. The summed E-state index contributed by atoms with van der Waals surface area (Å²) in [5.41, 5.74) is 15.7. The zero-order chi connectivity index (χ0) is 33.6. The van der Waals surface area contributed by atoms with Crippen molar-refractivity contribution in [1.82, 2.24) is 14.5 Å². The van der Waals surface area contributed by atoms with Crippen LogP contribution in [0.5, 0.6) is 0 Å². The van der Waals surface area contributed by atoms with Crippen molar-refractivity contribution < 1.29 is 4.39 Å². The molecule has 2 aromatic heterocycles. The summed E-state index contributed by atoms with van der Waals surface area (Å²) in [5.74, 6) is 0.434. The molecule has 0 aliphatic rings. The van der Waals surface area contributed by atoms with E-state index in [1.54, 1.807) is 6.07 Å². The number of imidazole rings is 1. The number of rotatable bonds is 12. The van der Waals surface area contributed by atoms with Crippen LogP contribution in [-0.4, -0.2) is 14.5 Å². The van der Waals surface area contributed by atoms with Crippen LogP contribution in [0.4, 0.5) is 4.39 Å². The molecule has 0 bridgehead atoms. The predicted molar refractivity (Wildman–Crippen MR) is 190 cm³/mol. The minimum absolute atomic E-state index is 0.0415.